The maximum atomic E-state index is 10.3. The highest BCUT2D eigenvalue weighted by Crippen LogP contribution is 2.09. The number of rotatable bonds is 3. The Kier molecular flexibility index (Phi) is 2.63. The largest absolute Gasteiger partial charge is 0.376 e. The van der Waals surface area contributed by atoms with E-state index in [1.807, 2.05) is 18.2 Å². The molecule has 3 nitrogen and oxygen atoms in total. The third-order valence-corrected chi connectivity index (χ3v) is 1.37. The number of carbonyl (C=O) groups excluding carboxylic acids is 1. The second kappa shape index (κ2) is 3.73. The minimum absolute atomic E-state index is 0.284. The van der Waals surface area contributed by atoms with Crippen molar-refractivity contribution >= 4 is 12.1 Å². The van der Waals surface area contributed by atoms with E-state index < -0.39 is 0 Å². The molecule has 58 valence electrons. The molecule has 3 heteroatoms. The van der Waals surface area contributed by atoms with E-state index >= 15 is 0 Å². The van der Waals surface area contributed by atoms with Gasteiger partial charge >= 0.3 is 0 Å². The highest BCUT2D eigenvalue weighted by atomic mass is 16.3. The highest BCUT2D eigenvalue weighted by Gasteiger charge is 1.99. The van der Waals surface area contributed by atoms with E-state index in [1.165, 1.54) is 4.90 Å². The molecule has 0 aliphatic rings. The van der Waals surface area contributed by atoms with Crippen molar-refractivity contribution in [2.45, 2.75) is 0 Å². The Morgan fingerprint density at radius 1 is 1.36 bits per heavy atom. The summed E-state index contributed by atoms with van der Waals surface area (Å²) < 4.78 is 0. The number of hydrogen-bond donors (Lipinski definition) is 1. The number of benzene rings is 1. The SMILES string of the molecule is O=CN(CO)c1ccccc1. The van der Waals surface area contributed by atoms with Crippen LogP contribution in [0.15, 0.2) is 30.3 Å². The molecule has 1 aromatic carbocycles. The van der Waals surface area contributed by atoms with Crippen molar-refractivity contribution in [2.24, 2.45) is 0 Å². The van der Waals surface area contributed by atoms with Crippen LogP contribution < -0.4 is 4.90 Å². The van der Waals surface area contributed by atoms with Gasteiger partial charge in [0.2, 0.25) is 6.41 Å². The zero-order chi connectivity index (χ0) is 8.10. The first kappa shape index (κ1) is 7.75. The Morgan fingerprint density at radius 3 is 2.45 bits per heavy atom. The quantitative estimate of drug-likeness (QED) is 0.507. The van der Waals surface area contributed by atoms with Crippen molar-refractivity contribution in [1.29, 1.82) is 0 Å². The van der Waals surface area contributed by atoms with Gasteiger partial charge in [0.05, 0.1) is 0 Å². The average molecular weight is 151 g/mol. The molecule has 0 spiro atoms. The van der Waals surface area contributed by atoms with Crippen molar-refractivity contribution in [3.8, 4) is 0 Å². The van der Waals surface area contributed by atoms with E-state index in [2.05, 4.69) is 0 Å². The third-order valence-electron chi connectivity index (χ3n) is 1.37. The van der Waals surface area contributed by atoms with Crippen LogP contribution in [-0.4, -0.2) is 18.2 Å². The van der Waals surface area contributed by atoms with Crippen LogP contribution in [0.1, 0.15) is 0 Å². The van der Waals surface area contributed by atoms with Gasteiger partial charge in [0.25, 0.3) is 0 Å². The normalized spacial score (nSPS) is 9.18. The zero-order valence-electron chi connectivity index (χ0n) is 5.97. The number of nitrogens with zero attached hydrogens (tertiary/aromatic N) is 1. The van der Waals surface area contributed by atoms with Gasteiger partial charge in [-0.15, -0.1) is 0 Å². The molecule has 1 N–H and O–H groups in total. The molecule has 0 aliphatic carbocycles. The molecule has 1 rings (SSSR count). The fourth-order valence-electron chi connectivity index (χ4n) is 0.795. The molecule has 0 saturated heterocycles. The maximum Gasteiger partial charge on any atom is 0.216 e. The van der Waals surface area contributed by atoms with Crippen molar-refractivity contribution in [3.05, 3.63) is 30.3 Å². The summed E-state index contributed by atoms with van der Waals surface area (Å²) in [5.41, 5.74) is 0.699. The van der Waals surface area contributed by atoms with Crippen LogP contribution >= 0.6 is 0 Å². The fourth-order valence-corrected chi connectivity index (χ4v) is 0.795. The summed E-state index contributed by atoms with van der Waals surface area (Å²) in [6, 6.07) is 8.97. The van der Waals surface area contributed by atoms with Crippen LogP contribution in [0.2, 0.25) is 0 Å². The van der Waals surface area contributed by atoms with Crippen LogP contribution in [0, 0.1) is 0 Å². The molecule has 0 saturated carbocycles. The molecular weight excluding hydrogens is 142 g/mol. The summed E-state index contributed by atoms with van der Waals surface area (Å²) in [7, 11) is 0. The molecule has 0 heterocycles. The lowest BCUT2D eigenvalue weighted by atomic mass is 10.3. The van der Waals surface area contributed by atoms with Crippen LogP contribution in [0.5, 0.6) is 0 Å². The van der Waals surface area contributed by atoms with E-state index in [0.717, 1.165) is 0 Å². The molecule has 11 heavy (non-hydrogen) atoms. The van der Waals surface area contributed by atoms with E-state index in [0.29, 0.717) is 12.1 Å². The summed E-state index contributed by atoms with van der Waals surface area (Å²) in [4.78, 5) is 11.5. The van der Waals surface area contributed by atoms with Gasteiger partial charge in [-0.3, -0.25) is 9.69 Å². The Morgan fingerprint density at radius 2 is 2.00 bits per heavy atom. The minimum Gasteiger partial charge on any atom is -0.376 e. The lowest BCUT2D eigenvalue weighted by Gasteiger charge is -2.12. The fraction of sp³-hybridized carbons (Fsp3) is 0.125. The smallest absolute Gasteiger partial charge is 0.216 e. The van der Waals surface area contributed by atoms with Gasteiger partial charge in [-0.2, -0.15) is 0 Å². The van der Waals surface area contributed by atoms with Crippen molar-refractivity contribution in [2.75, 3.05) is 11.6 Å². The molecule has 0 unspecified atom stereocenters. The number of carbonyl (C=O) groups is 1. The summed E-state index contributed by atoms with van der Waals surface area (Å²) in [5.74, 6) is 0. The lowest BCUT2D eigenvalue weighted by molar-refractivity contribution is -0.108. The van der Waals surface area contributed by atoms with Gasteiger partial charge in [0, 0.05) is 5.69 Å². The van der Waals surface area contributed by atoms with Crippen molar-refractivity contribution in [1.82, 2.24) is 0 Å². The second-order valence-corrected chi connectivity index (χ2v) is 2.05. The molecule has 1 aromatic rings. The second-order valence-electron chi connectivity index (χ2n) is 2.05. The van der Waals surface area contributed by atoms with Crippen LogP contribution in [0.4, 0.5) is 5.69 Å². The van der Waals surface area contributed by atoms with Gasteiger partial charge in [-0.25, -0.2) is 0 Å². The van der Waals surface area contributed by atoms with Gasteiger partial charge in [-0.05, 0) is 12.1 Å². The Balaban J connectivity index is 2.82. The average Bonchev–Trinajstić information content (AvgIpc) is 2.09. The van der Waals surface area contributed by atoms with Crippen LogP contribution in [0.3, 0.4) is 0 Å². The first-order valence-corrected chi connectivity index (χ1v) is 3.26. The van der Waals surface area contributed by atoms with E-state index in [9.17, 15) is 4.79 Å². The monoisotopic (exact) mass is 151 g/mol. The number of anilines is 1. The molecule has 0 fully saturated rings. The standard InChI is InChI=1S/C8H9NO2/c10-6-9(7-11)8-4-2-1-3-5-8/h1-6,11H,7H2. The zero-order valence-corrected chi connectivity index (χ0v) is 5.97. The molecule has 0 aliphatic heterocycles. The summed E-state index contributed by atoms with van der Waals surface area (Å²) in [5, 5.41) is 8.67. The van der Waals surface area contributed by atoms with E-state index in [1.54, 1.807) is 12.1 Å². The van der Waals surface area contributed by atoms with Gasteiger partial charge in [0.1, 0.15) is 6.73 Å². The minimum atomic E-state index is -0.284. The molecular formula is C8H9NO2. The Bertz CT molecular complexity index is 223. The number of aliphatic hydroxyl groups is 1. The molecule has 0 bridgehead atoms. The highest BCUT2D eigenvalue weighted by molar-refractivity contribution is 5.74. The summed E-state index contributed by atoms with van der Waals surface area (Å²) in [6.07, 6.45) is 0.593. The molecule has 1 amide bonds. The predicted octanol–water partition coefficient (Wildman–Crippen LogP) is 0.599. The first-order chi connectivity index (χ1) is 5.38. The molecule has 0 aromatic heterocycles. The number of amides is 1. The van der Waals surface area contributed by atoms with Gasteiger partial charge in [0.15, 0.2) is 0 Å². The van der Waals surface area contributed by atoms with E-state index in [-0.39, 0.29) is 6.73 Å². The first-order valence-electron chi connectivity index (χ1n) is 3.26. The number of hydrogen-bond acceptors (Lipinski definition) is 2. The number of aliphatic hydroxyl groups excluding tert-OH is 1. The van der Waals surface area contributed by atoms with Gasteiger partial charge < -0.3 is 5.11 Å². The Hall–Kier alpha value is -1.35. The van der Waals surface area contributed by atoms with Crippen molar-refractivity contribution in [3.63, 3.8) is 0 Å². The van der Waals surface area contributed by atoms with Crippen LogP contribution in [0.25, 0.3) is 0 Å². The third kappa shape index (κ3) is 1.78. The van der Waals surface area contributed by atoms with Gasteiger partial charge in [-0.1, -0.05) is 18.2 Å². The lowest BCUT2D eigenvalue weighted by Crippen LogP contribution is -2.21. The number of para-hydroxylation sites is 1. The molecule has 0 atom stereocenters. The molecule has 0 radical (unpaired) electrons. The maximum absolute atomic E-state index is 10.3. The summed E-state index contributed by atoms with van der Waals surface area (Å²) >= 11 is 0. The Labute approximate surface area is 64.9 Å². The predicted molar refractivity (Wildman–Crippen MR) is 42.1 cm³/mol. The van der Waals surface area contributed by atoms with Crippen LogP contribution in [-0.2, 0) is 4.79 Å². The summed E-state index contributed by atoms with van der Waals surface area (Å²) in [6.45, 7) is -0.284. The topological polar surface area (TPSA) is 40.5 Å². The van der Waals surface area contributed by atoms with E-state index in [4.69, 9.17) is 5.11 Å². The van der Waals surface area contributed by atoms with Crippen molar-refractivity contribution < 1.29 is 9.90 Å².